The van der Waals surface area contributed by atoms with E-state index in [-0.39, 0.29) is 0 Å². The number of nitrogens with one attached hydrogen (secondary N) is 1. The Morgan fingerprint density at radius 1 is 1.35 bits per heavy atom. The van der Waals surface area contributed by atoms with Gasteiger partial charge < -0.3 is 0 Å². The second-order valence-electron chi connectivity index (χ2n) is 4.93. The van der Waals surface area contributed by atoms with E-state index in [4.69, 9.17) is 0 Å². The molecular formula is C14H14N8S. The molecule has 9 heteroatoms. The lowest BCUT2D eigenvalue weighted by Crippen LogP contribution is -2.15. The maximum absolute atomic E-state index is 9.30. The molecule has 0 atom stereocenters. The number of hydrogen-bond donors (Lipinski definition) is 1. The Balaban J connectivity index is 1.90. The van der Waals surface area contributed by atoms with E-state index >= 15 is 0 Å². The molecule has 3 rings (SSSR count). The molecule has 0 spiro atoms. The quantitative estimate of drug-likeness (QED) is 0.736. The van der Waals surface area contributed by atoms with Crippen molar-refractivity contribution in [2.24, 2.45) is 0 Å². The number of rotatable bonds is 4. The van der Waals surface area contributed by atoms with Crippen molar-refractivity contribution in [3.63, 3.8) is 0 Å². The lowest BCUT2D eigenvalue weighted by molar-refractivity contribution is 0.735. The number of aromatic nitrogens is 6. The molecule has 1 N–H and O–H groups in total. The van der Waals surface area contributed by atoms with Crippen molar-refractivity contribution in [2.75, 3.05) is 5.43 Å². The van der Waals surface area contributed by atoms with Crippen molar-refractivity contribution in [1.82, 2.24) is 29.6 Å². The molecule has 3 heterocycles. The van der Waals surface area contributed by atoms with Crippen LogP contribution >= 0.6 is 11.3 Å². The van der Waals surface area contributed by atoms with Crippen molar-refractivity contribution in [1.29, 1.82) is 5.26 Å². The van der Waals surface area contributed by atoms with Gasteiger partial charge in [-0.1, -0.05) is 0 Å². The minimum Gasteiger partial charge on any atom is -0.296 e. The molecule has 0 aliphatic carbocycles. The van der Waals surface area contributed by atoms with E-state index in [1.54, 1.807) is 15.6 Å². The second-order valence-corrected chi connectivity index (χ2v) is 5.79. The summed E-state index contributed by atoms with van der Waals surface area (Å²) >= 11 is 1.43. The van der Waals surface area contributed by atoms with Crippen molar-refractivity contribution < 1.29 is 0 Å². The predicted octanol–water partition coefficient (Wildman–Crippen LogP) is 1.95. The predicted molar refractivity (Wildman–Crippen MR) is 86.4 cm³/mol. The number of allylic oxidation sites excluding steroid dienone is 1. The standard InChI is InChI=1S/C14H14N8S/c1-9-4-11(3)22(20-9)14-19-16-8-21(14)17-6-12(5-15)13-18-10(2)7-23-13/h4,6-8,17H,1-3H3/b12-6+. The highest BCUT2D eigenvalue weighted by atomic mass is 32.1. The number of thiazole rings is 1. The van der Waals surface area contributed by atoms with Crippen LogP contribution in [0.5, 0.6) is 0 Å². The molecule has 116 valence electrons. The minimum absolute atomic E-state index is 0.441. The SMILES string of the molecule is Cc1csc(/C(C#N)=C/Nn2cnnc2-n2nc(C)cc2C)n1. The summed E-state index contributed by atoms with van der Waals surface area (Å²) < 4.78 is 3.28. The third-order valence-corrected chi connectivity index (χ3v) is 4.04. The van der Waals surface area contributed by atoms with Crippen molar-refractivity contribution in [2.45, 2.75) is 20.8 Å². The first-order valence-electron chi connectivity index (χ1n) is 6.81. The van der Waals surface area contributed by atoms with Gasteiger partial charge in [0.1, 0.15) is 23.0 Å². The molecule has 0 aliphatic heterocycles. The Bertz CT molecular complexity index is 907. The minimum atomic E-state index is 0.441. The summed E-state index contributed by atoms with van der Waals surface area (Å²) in [4.78, 5) is 4.31. The summed E-state index contributed by atoms with van der Waals surface area (Å²) in [7, 11) is 0. The average molecular weight is 326 g/mol. The van der Waals surface area contributed by atoms with E-state index in [9.17, 15) is 5.26 Å². The van der Waals surface area contributed by atoms with E-state index in [1.807, 2.05) is 32.2 Å². The van der Waals surface area contributed by atoms with Crippen LogP contribution < -0.4 is 5.43 Å². The number of nitriles is 1. The Hall–Kier alpha value is -2.99. The first-order valence-corrected chi connectivity index (χ1v) is 7.69. The summed E-state index contributed by atoms with van der Waals surface area (Å²) in [5.74, 6) is 0.513. The zero-order valence-corrected chi connectivity index (χ0v) is 13.7. The van der Waals surface area contributed by atoms with Gasteiger partial charge in [0, 0.05) is 23.0 Å². The first kappa shape index (κ1) is 14.9. The van der Waals surface area contributed by atoms with Crippen LogP contribution in [0.3, 0.4) is 0 Å². The van der Waals surface area contributed by atoms with E-state index in [1.165, 1.54) is 17.7 Å². The van der Waals surface area contributed by atoms with Crippen molar-refractivity contribution in [3.05, 3.63) is 46.1 Å². The third-order valence-electron chi connectivity index (χ3n) is 3.05. The van der Waals surface area contributed by atoms with Gasteiger partial charge in [-0.2, -0.15) is 10.4 Å². The van der Waals surface area contributed by atoms with Gasteiger partial charge >= 0.3 is 0 Å². The van der Waals surface area contributed by atoms with Crippen LogP contribution in [0.2, 0.25) is 0 Å². The molecule has 8 nitrogen and oxygen atoms in total. The zero-order valence-electron chi connectivity index (χ0n) is 12.8. The second kappa shape index (κ2) is 6.02. The zero-order chi connectivity index (χ0) is 16.4. The molecule has 0 radical (unpaired) electrons. The lowest BCUT2D eigenvalue weighted by Gasteiger charge is -2.07. The van der Waals surface area contributed by atoms with Gasteiger partial charge in [-0.3, -0.25) is 5.43 Å². The van der Waals surface area contributed by atoms with Crippen molar-refractivity contribution >= 4 is 16.9 Å². The Morgan fingerprint density at radius 2 is 2.17 bits per heavy atom. The number of nitrogens with zero attached hydrogens (tertiary/aromatic N) is 7. The highest BCUT2D eigenvalue weighted by Gasteiger charge is 2.11. The number of aryl methyl sites for hydroxylation is 3. The summed E-state index contributed by atoms with van der Waals surface area (Å²) in [6, 6.07) is 4.09. The lowest BCUT2D eigenvalue weighted by atomic mass is 10.3. The molecule has 0 amide bonds. The molecule has 0 aromatic carbocycles. The highest BCUT2D eigenvalue weighted by Crippen LogP contribution is 2.18. The van der Waals surface area contributed by atoms with Crippen LogP contribution in [0.25, 0.3) is 11.5 Å². The van der Waals surface area contributed by atoms with Crippen LogP contribution in [0.4, 0.5) is 0 Å². The molecule has 3 aromatic heterocycles. The van der Waals surface area contributed by atoms with E-state index in [2.05, 4.69) is 31.8 Å². The monoisotopic (exact) mass is 326 g/mol. The Kier molecular flexibility index (Phi) is 3.91. The summed E-state index contributed by atoms with van der Waals surface area (Å²) in [6.07, 6.45) is 3.10. The normalized spacial score (nSPS) is 11.5. The molecule has 0 saturated heterocycles. The maximum Gasteiger partial charge on any atom is 0.271 e. The maximum atomic E-state index is 9.30. The van der Waals surface area contributed by atoms with Crippen molar-refractivity contribution in [3.8, 4) is 12.0 Å². The molecular weight excluding hydrogens is 312 g/mol. The van der Waals surface area contributed by atoms with E-state index in [0.717, 1.165) is 17.1 Å². The van der Waals surface area contributed by atoms with E-state index in [0.29, 0.717) is 16.5 Å². The van der Waals surface area contributed by atoms with Gasteiger partial charge in [0.15, 0.2) is 0 Å². The van der Waals surface area contributed by atoms with Crippen LogP contribution in [0.15, 0.2) is 24.0 Å². The molecule has 23 heavy (non-hydrogen) atoms. The van der Waals surface area contributed by atoms with Gasteiger partial charge in [-0.15, -0.1) is 21.5 Å². The van der Waals surface area contributed by atoms with Crippen LogP contribution in [-0.2, 0) is 0 Å². The number of hydrogen-bond acceptors (Lipinski definition) is 7. The van der Waals surface area contributed by atoms with Gasteiger partial charge in [-0.25, -0.2) is 14.3 Å². The molecule has 0 aliphatic rings. The van der Waals surface area contributed by atoms with Crippen LogP contribution in [-0.4, -0.2) is 29.6 Å². The topological polar surface area (TPSA) is 97.2 Å². The largest absolute Gasteiger partial charge is 0.296 e. The summed E-state index contributed by atoms with van der Waals surface area (Å²) in [6.45, 7) is 5.74. The Morgan fingerprint density at radius 3 is 2.78 bits per heavy atom. The third kappa shape index (κ3) is 2.97. The van der Waals surface area contributed by atoms with E-state index < -0.39 is 0 Å². The fraction of sp³-hybridized carbons (Fsp3) is 0.214. The van der Waals surface area contributed by atoms with Gasteiger partial charge in [0.05, 0.1) is 5.69 Å². The molecule has 0 saturated carbocycles. The Labute approximate surface area is 136 Å². The fourth-order valence-electron chi connectivity index (χ4n) is 2.05. The molecule has 0 fully saturated rings. The smallest absolute Gasteiger partial charge is 0.271 e. The van der Waals surface area contributed by atoms with Gasteiger partial charge in [0.25, 0.3) is 5.95 Å². The average Bonchev–Trinajstić information content (AvgIpc) is 3.21. The first-order chi connectivity index (χ1) is 11.1. The van der Waals surface area contributed by atoms with Gasteiger partial charge in [0.2, 0.25) is 0 Å². The van der Waals surface area contributed by atoms with Gasteiger partial charge in [-0.05, 0) is 26.8 Å². The van der Waals surface area contributed by atoms with Crippen LogP contribution in [0.1, 0.15) is 22.1 Å². The molecule has 0 unspecified atom stereocenters. The fourth-order valence-corrected chi connectivity index (χ4v) is 2.81. The molecule has 0 bridgehead atoms. The highest BCUT2D eigenvalue weighted by molar-refractivity contribution is 7.10. The summed E-state index contributed by atoms with van der Waals surface area (Å²) in [5.41, 5.74) is 6.16. The summed E-state index contributed by atoms with van der Waals surface area (Å²) in [5, 5.41) is 24.2. The molecule has 3 aromatic rings. The van der Waals surface area contributed by atoms with Crippen LogP contribution in [0, 0.1) is 32.1 Å².